The first-order valence-corrected chi connectivity index (χ1v) is 7.66. The number of nitrogens with zero attached hydrogens (tertiary/aromatic N) is 2. The van der Waals surface area contributed by atoms with Crippen LogP contribution < -0.4 is 9.75 Å². The molecule has 1 aliphatic heterocycles. The van der Waals surface area contributed by atoms with Gasteiger partial charge >= 0.3 is 0 Å². The number of ether oxygens (including phenoxy) is 1. The fraction of sp³-hybridized carbons (Fsp3) is 0.100. The molecule has 1 aliphatic rings. The third kappa shape index (κ3) is 3.27. The van der Waals surface area contributed by atoms with E-state index >= 15 is 0 Å². The zero-order chi connectivity index (χ0) is 16.9. The topological polar surface area (TPSA) is 41.9 Å². The largest absolute Gasteiger partial charge is 0.497 e. The molecule has 0 unspecified atom stereocenters. The van der Waals surface area contributed by atoms with Crippen molar-refractivity contribution in [1.29, 1.82) is 0 Å². The van der Waals surface area contributed by atoms with E-state index in [-0.39, 0.29) is 5.91 Å². The molecule has 1 heterocycles. The second-order valence-corrected chi connectivity index (χ2v) is 5.35. The van der Waals surface area contributed by atoms with Crippen molar-refractivity contribution in [3.63, 3.8) is 0 Å². The minimum absolute atomic E-state index is 0.113. The summed E-state index contributed by atoms with van der Waals surface area (Å²) >= 11 is 0. The highest BCUT2D eigenvalue weighted by molar-refractivity contribution is 6.29. The Kier molecular flexibility index (Phi) is 4.57. The van der Waals surface area contributed by atoms with E-state index in [4.69, 9.17) is 4.74 Å². The molecule has 0 atom stereocenters. The van der Waals surface area contributed by atoms with Gasteiger partial charge in [0.15, 0.2) is 0 Å². The Morgan fingerprint density at radius 2 is 1.75 bits per heavy atom. The maximum atomic E-state index is 12.5. The van der Waals surface area contributed by atoms with Gasteiger partial charge in [0.25, 0.3) is 5.91 Å². The van der Waals surface area contributed by atoms with Gasteiger partial charge in [0, 0.05) is 0 Å². The van der Waals surface area contributed by atoms with Gasteiger partial charge < -0.3 is 4.74 Å². The van der Waals surface area contributed by atoms with Gasteiger partial charge in [-0.1, -0.05) is 42.5 Å². The van der Waals surface area contributed by atoms with Crippen LogP contribution >= 0.6 is 0 Å². The first-order valence-electron chi connectivity index (χ1n) is 7.66. The van der Waals surface area contributed by atoms with Crippen molar-refractivity contribution >= 4 is 23.4 Å². The molecule has 0 saturated heterocycles. The molecule has 0 fully saturated rings. The van der Waals surface area contributed by atoms with Crippen molar-refractivity contribution in [1.82, 2.24) is 0 Å². The maximum absolute atomic E-state index is 12.5. The number of amides is 1. The predicted octanol–water partition coefficient (Wildman–Crippen LogP) is 4.06. The van der Waals surface area contributed by atoms with E-state index in [2.05, 4.69) is 5.10 Å². The van der Waals surface area contributed by atoms with E-state index in [1.807, 2.05) is 73.7 Å². The number of allylic oxidation sites excluding steroid dienone is 2. The highest BCUT2D eigenvalue weighted by Gasteiger charge is 2.27. The summed E-state index contributed by atoms with van der Waals surface area (Å²) in [6.45, 7) is 1.84. The van der Waals surface area contributed by atoms with Crippen LogP contribution in [0, 0.1) is 0 Å². The molecule has 0 saturated carbocycles. The van der Waals surface area contributed by atoms with Crippen molar-refractivity contribution in [2.24, 2.45) is 5.10 Å². The smallest absolute Gasteiger partial charge is 0.280 e. The fourth-order valence-corrected chi connectivity index (χ4v) is 2.42. The summed E-state index contributed by atoms with van der Waals surface area (Å²) in [5, 5.41) is 5.78. The SMILES string of the molecule is COc1ccc(/C=C\C=C2\C(=O)N(c3ccccc3)N=C2C)cc1. The van der Waals surface area contributed by atoms with Crippen molar-refractivity contribution in [3.8, 4) is 5.75 Å². The van der Waals surface area contributed by atoms with E-state index in [1.54, 1.807) is 13.2 Å². The van der Waals surface area contributed by atoms with Crippen LogP contribution in [0.2, 0.25) is 0 Å². The van der Waals surface area contributed by atoms with Gasteiger partial charge in [-0.3, -0.25) is 4.79 Å². The van der Waals surface area contributed by atoms with Crippen LogP contribution in [0.4, 0.5) is 5.69 Å². The summed E-state index contributed by atoms with van der Waals surface area (Å²) in [5.74, 6) is 0.705. The van der Waals surface area contributed by atoms with E-state index in [9.17, 15) is 4.79 Å². The Labute approximate surface area is 141 Å². The summed E-state index contributed by atoms with van der Waals surface area (Å²) < 4.78 is 5.13. The van der Waals surface area contributed by atoms with Crippen molar-refractivity contribution in [3.05, 3.63) is 77.9 Å². The van der Waals surface area contributed by atoms with E-state index in [0.29, 0.717) is 11.3 Å². The summed E-state index contributed by atoms with van der Waals surface area (Å²) in [6, 6.07) is 17.1. The molecule has 0 spiro atoms. The standard InChI is InChI=1S/C20H18N2O2/c1-15-19(10-6-7-16-11-13-18(24-2)14-12-16)20(23)22(21-15)17-8-4-3-5-9-17/h3-14H,1-2H3/b7-6-,19-10+. The lowest BCUT2D eigenvalue weighted by Gasteiger charge is -2.10. The van der Waals surface area contributed by atoms with Crippen molar-refractivity contribution in [2.45, 2.75) is 6.92 Å². The molecule has 0 radical (unpaired) electrons. The molecule has 2 aromatic rings. The van der Waals surface area contributed by atoms with Crippen LogP contribution in [-0.2, 0) is 4.79 Å². The monoisotopic (exact) mass is 318 g/mol. The number of carbonyl (C=O) groups excluding carboxylic acids is 1. The molecule has 4 heteroatoms. The molecule has 0 N–H and O–H groups in total. The Morgan fingerprint density at radius 1 is 1.04 bits per heavy atom. The van der Waals surface area contributed by atoms with Crippen LogP contribution in [0.15, 0.2) is 77.4 Å². The summed E-state index contributed by atoms with van der Waals surface area (Å²) in [4.78, 5) is 12.5. The Morgan fingerprint density at radius 3 is 2.42 bits per heavy atom. The minimum atomic E-state index is -0.113. The Hall–Kier alpha value is -3.14. The zero-order valence-corrected chi connectivity index (χ0v) is 13.6. The van der Waals surface area contributed by atoms with Crippen LogP contribution in [0.5, 0.6) is 5.75 Å². The summed E-state index contributed by atoms with van der Waals surface area (Å²) in [7, 11) is 1.64. The first-order chi connectivity index (χ1) is 11.7. The van der Waals surface area contributed by atoms with Gasteiger partial charge in [-0.15, -0.1) is 0 Å². The minimum Gasteiger partial charge on any atom is -0.497 e. The number of hydrogen-bond donors (Lipinski definition) is 0. The Bertz CT molecular complexity index is 818. The second-order valence-electron chi connectivity index (χ2n) is 5.35. The lowest BCUT2D eigenvalue weighted by molar-refractivity contribution is -0.114. The molecular weight excluding hydrogens is 300 g/mol. The van der Waals surface area contributed by atoms with E-state index in [0.717, 1.165) is 17.0 Å². The van der Waals surface area contributed by atoms with E-state index in [1.165, 1.54) is 5.01 Å². The van der Waals surface area contributed by atoms with Crippen LogP contribution in [0.3, 0.4) is 0 Å². The second kappa shape index (κ2) is 6.96. The quantitative estimate of drug-likeness (QED) is 0.798. The molecule has 2 aromatic carbocycles. The lowest BCUT2D eigenvalue weighted by atomic mass is 10.1. The molecule has 0 aromatic heterocycles. The number of carbonyl (C=O) groups is 1. The average Bonchev–Trinajstić information content (AvgIpc) is 2.91. The van der Waals surface area contributed by atoms with E-state index < -0.39 is 0 Å². The summed E-state index contributed by atoms with van der Waals surface area (Å²) in [6.07, 6.45) is 5.61. The molecule has 24 heavy (non-hydrogen) atoms. The molecule has 3 rings (SSSR count). The molecule has 0 aliphatic carbocycles. The van der Waals surface area contributed by atoms with Crippen LogP contribution in [0.1, 0.15) is 12.5 Å². The Balaban J connectivity index is 1.77. The first kappa shape index (κ1) is 15.7. The number of hydrazone groups is 1. The third-order valence-electron chi connectivity index (χ3n) is 3.73. The highest BCUT2D eigenvalue weighted by Crippen LogP contribution is 2.23. The predicted molar refractivity (Wildman–Crippen MR) is 97.1 cm³/mol. The number of methoxy groups -OCH3 is 1. The molecule has 0 bridgehead atoms. The fourth-order valence-electron chi connectivity index (χ4n) is 2.42. The maximum Gasteiger partial charge on any atom is 0.280 e. The van der Waals surface area contributed by atoms with Gasteiger partial charge in [-0.2, -0.15) is 10.1 Å². The number of para-hydroxylation sites is 1. The summed E-state index contributed by atoms with van der Waals surface area (Å²) in [5.41, 5.74) is 3.11. The number of hydrogen-bond acceptors (Lipinski definition) is 3. The highest BCUT2D eigenvalue weighted by atomic mass is 16.5. The van der Waals surface area contributed by atoms with Gasteiger partial charge in [0.1, 0.15) is 5.75 Å². The zero-order valence-electron chi connectivity index (χ0n) is 13.6. The van der Waals surface area contributed by atoms with Gasteiger partial charge in [0.2, 0.25) is 0 Å². The molecule has 120 valence electrons. The number of rotatable bonds is 4. The van der Waals surface area contributed by atoms with Gasteiger partial charge in [-0.25, -0.2) is 0 Å². The van der Waals surface area contributed by atoms with Crippen molar-refractivity contribution in [2.75, 3.05) is 12.1 Å². The van der Waals surface area contributed by atoms with Crippen LogP contribution in [0.25, 0.3) is 6.08 Å². The number of benzene rings is 2. The molecule has 1 amide bonds. The van der Waals surface area contributed by atoms with Gasteiger partial charge in [-0.05, 0) is 42.8 Å². The van der Waals surface area contributed by atoms with Crippen molar-refractivity contribution < 1.29 is 9.53 Å². The van der Waals surface area contributed by atoms with Crippen LogP contribution in [-0.4, -0.2) is 18.7 Å². The third-order valence-corrected chi connectivity index (χ3v) is 3.73. The normalized spacial score (nSPS) is 16.1. The molecular formula is C20H18N2O2. The molecule has 4 nitrogen and oxygen atoms in total. The lowest BCUT2D eigenvalue weighted by Crippen LogP contribution is -2.21. The number of anilines is 1. The average molecular weight is 318 g/mol. The van der Waals surface area contributed by atoms with Gasteiger partial charge in [0.05, 0.1) is 24.1 Å².